The molecule has 3 heteroatoms. The summed E-state index contributed by atoms with van der Waals surface area (Å²) in [7, 11) is 0. The van der Waals surface area contributed by atoms with Crippen LogP contribution >= 0.6 is 0 Å². The van der Waals surface area contributed by atoms with E-state index in [0.29, 0.717) is 11.5 Å². The molecule has 3 aromatic rings. The van der Waals surface area contributed by atoms with Crippen molar-refractivity contribution >= 4 is 16.7 Å². The van der Waals surface area contributed by atoms with Crippen molar-refractivity contribution in [3.8, 4) is 11.5 Å². The number of hydrogen-bond donors (Lipinski definition) is 0. The number of ether oxygens (including phenoxy) is 2. The maximum absolute atomic E-state index is 11.9. The van der Waals surface area contributed by atoms with Crippen molar-refractivity contribution in [3.63, 3.8) is 0 Å². The van der Waals surface area contributed by atoms with Crippen LogP contribution in [0.1, 0.15) is 12.5 Å². The van der Waals surface area contributed by atoms with Crippen molar-refractivity contribution in [1.29, 1.82) is 0 Å². The number of carbonyl (C=O) groups is 1. The molecule has 0 saturated carbocycles. The normalized spacial score (nSPS) is 10.5. The first-order chi connectivity index (χ1) is 11.3. The van der Waals surface area contributed by atoms with Crippen LogP contribution < -0.4 is 9.47 Å². The van der Waals surface area contributed by atoms with Crippen molar-refractivity contribution in [2.45, 2.75) is 13.3 Å². The Morgan fingerprint density at radius 1 is 0.913 bits per heavy atom. The minimum atomic E-state index is -0.415. The quantitative estimate of drug-likeness (QED) is 0.518. The Labute approximate surface area is 135 Å². The number of esters is 1. The molecule has 0 radical (unpaired) electrons. The Morgan fingerprint density at radius 2 is 1.65 bits per heavy atom. The lowest BCUT2D eigenvalue weighted by molar-refractivity contribution is -0.136. The number of fused-ring (bicyclic) bond motifs is 1. The second-order valence-electron chi connectivity index (χ2n) is 5.24. The van der Waals surface area contributed by atoms with E-state index in [4.69, 9.17) is 9.47 Å². The van der Waals surface area contributed by atoms with E-state index in [2.05, 4.69) is 6.92 Å². The van der Waals surface area contributed by atoms with Crippen molar-refractivity contribution in [1.82, 2.24) is 0 Å². The maximum Gasteiger partial charge on any atom is 0.349 e. The van der Waals surface area contributed by atoms with Gasteiger partial charge in [-0.2, -0.15) is 0 Å². The first-order valence-corrected chi connectivity index (χ1v) is 7.66. The zero-order valence-corrected chi connectivity index (χ0v) is 13.0. The minimum Gasteiger partial charge on any atom is -0.481 e. The fraction of sp³-hybridized carbons (Fsp3) is 0.150. The van der Waals surface area contributed by atoms with E-state index in [9.17, 15) is 4.79 Å². The molecule has 0 amide bonds. The van der Waals surface area contributed by atoms with E-state index in [0.717, 1.165) is 17.2 Å². The van der Waals surface area contributed by atoms with Crippen molar-refractivity contribution < 1.29 is 14.3 Å². The molecule has 0 N–H and O–H groups in total. The number of aryl methyl sites for hydroxylation is 1. The fourth-order valence-corrected chi connectivity index (χ4v) is 2.41. The molecule has 116 valence electrons. The van der Waals surface area contributed by atoms with Gasteiger partial charge in [0.2, 0.25) is 0 Å². The fourth-order valence-electron chi connectivity index (χ4n) is 2.41. The summed E-state index contributed by atoms with van der Waals surface area (Å²) in [6, 6.07) is 21.2. The van der Waals surface area contributed by atoms with Gasteiger partial charge in [0, 0.05) is 5.39 Å². The Balaban J connectivity index is 1.63. The second-order valence-corrected chi connectivity index (χ2v) is 5.24. The van der Waals surface area contributed by atoms with E-state index >= 15 is 0 Å². The summed E-state index contributed by atoms with van der Waals surface area (Å²) in [5.74, 6) is 0.803. The molecule has 0 saturated heterocycles. The lowest BCUT2D eigenvalue weighted by Crippen LogP contribution is -2.17. The van der Waals surface area contributed by atoms with Gasteiger partial charge in [0.05, 0.1) is 0 Å². The lowest BCUT2D eigenvalue weighted by atomic mass is 10.1. The third kappa shape index (κ3) is 3.69. The zero-order chi connectivity index (χ0) is 16.1. The van der Waals surface area contributed by atoms with E-state index in [-0.39, 0.29) is 6.61 Å². The molecular formula is C20H18O3. The second kappa shape index (κ2) is 6.97. The third-order valence-corrected chi connectivity index (χ3v) is 3.66. The van der Waals surface area contributed by atoms with E-state index < -0.39 is 5.97 Å². The predicted octanol–water partition coefficient (Wildman–Crippen LogP) is 4.39. The molecule has 0 aromatic heterocycles. The summed E-state index contributed by atoms with van der Waals surface area (Å²) in [5, 5.41) is 2.06. The molecule has 3 aromatic carbocycles. The van der Waals surface area contributed by atoms with Gasteiger partial charge in [-0.25, -0.2) is 4.79 Å². The van der Waals surface area contributed by atoms with E-state index in [1.165, 1.54) is 5.56 Å². The van der Waals surface area contributed by atoms with Crippen molar-refractivity contribution in [3.05, 3.63) is 72.3 Å². The van der Waals surface area contributed by atoms with Crippen LogP contribution in [0.15, 0.2) is 66.7 Å². The summed E-state index contributed by atoms with van der Waals surface area (Å²) in [5.41, 5.74) is 1.21. The monoisotopic (exact) mass is 306 g/mol. The molecule has 0 unspecified atom stereocenters. The van der Waals surface area contributed by atoms with Crippen LogP contribution in [0.25, 0.3) is 10.8 Å². The van der Waals surface area contributed by atoms with E-state index in [1.807, 2.05) is 54.6 Å². The average Bonchev–Trinajstić information content (AvgIpc) is 2.60. The molecule has 0 heterocycles. The van der Waals surface area contributed by atoms with Crippen LogP contribution in [0.2, 0.25) is 0 Å². The highest BCUT2D eigenvalue weighted by Crippen LogP contribution is 2.25. The molecule has 0 bridgehead atoms. The average molecular weight is 306 g/mol. The topological polar surface area (TPSA) is 35.5 Å². The highest BCUT2D eigenvalue weighted by atomic mass is 16.6. The van der Waals surface area contributed by atoms with Crippen molar-refractivity contribution in [2.24, 2.45) is 0 Å². The van der Waals surface area contributed by atoms with Gasteiger partial charge in [-0.3, -0.25) is 0 Å². The predicted molar refractivity (Wildman–Crippen MR) is 90.9 cm³/mol. The molecule has 0 atom stereocenters. The standard InChI is InChI=1S/C20H18O3/c1-2-15-10-12-17(13-11-15)23-20(21)14-22-19-9-5-7-16-6-3-4-8-18(16)19/h3-13H,2,14H2,1H3. The van der Waals surface area contributed by atoms with Gasteiger partial charge in [-0.15, -0.1) is 0 Å². The van der Waals surface area contributed by atoms with Crippen LogP contribution in [0, 0.1) is 0 Å². The number of carbonyl (C=O) groups excluding carboxylic acids is 1. The number of hydrogen-bond acceptors (Lipinski definition) is 3. The van der Waals surface area contributed by atoms with Crippen LogP contribution in [0.4, 0.5) is 0 Å². The first-order valence-electron chi connectivity index (χ1n) is 7.66. The highest BCUT2D eigenvalue weighted by molar-refractivity contribution is 5.88. The maximum atomic E-state index is 11.9. The van der Waals surface area contributed by atoms with Gasteiger partial charge in [0.15, 0.2) is 6.61 Å². The van der Waals surface area contributed by atoms with Gasteiger partial charge >= 0.3 is 5.97 Å². The van der Waals surface area contributed by atoms with Gasteiger partial charge in [0.25, 0.3) is 0 Å². The zero-order valence-electron chi connectivity index (χ0n) is 13.0. The minimum absolute atomic E-state index is 0.121. The Morgan fingerprint density at radius 3 is 2.43 bits per heavy atom. The van der Waals surface area contributed by atoms with Gasteiger partial charge in [0.1, 0.15) is 11.5 Å². The molecule has 23 heavy (non-hydrogen) atoms. The summed E-state index contributed by atoms with van der Waals surface area (Å²) in [6.45, 7) is 1.96. The largest absolute Gasteiger partial charge is 0.481 e. The molecule has 3 nitrogen and oxygen atoms in total. The van der Waals surface area contributed by atoms with Crippen LogP contribution in [0.5, 0.6) is 11.5 Å². The molecule has 3 rings (SSSR count). The molecular weight excluding hydrogens is 288 g/mol. The first kappa shape index (κ1) is 15.1. The SMILES string of the molecule is CCc1ccc(OC(=O)COc2cccc3ccccc23)cc1. The molecule has 0 aliphatic carbocycles. The van der Waals surface area contributed by atoms with Gasteiger partial charge in [-0.1, -0.05) is 55.5 Å². The van der Waals surface area contributed by atoms with Gasteiger partial charge in [-0.05, 0) is 35.6 Å². The molecule has 0 aliphatic heterocycles. The Hall–Kier alpha value is -2.81. The van der Waals surface area contributed by atoms with Gasteiger partial charge < -0.3 is 9.47 Å². The third-order valence-electron chi connectivity index (χ3n) is 3.66. The summed E-state index contributed by atoms with van der Waals surface area (Å²) in [6.07, 6.45) is 0.957. The van der Waals surface area contributed by atoms with Crippen molar-refractivity contribution in [2.75, 3.05) is 6.61 Å². The summed E-state index contributed by atoms with van der Waals surface area (Å²) < 4.78 is 10.9. The Kier molecular flexibility index (Phi) is 4.57. The molecule has 0 spiro atoms. The molecule has 0 fully saturated rings. The summed E-state index contributed by atoms with van der Waals surface area (Å²) in [4.78, 5) is 11.9. The van der Waals surface area contributed by atoms with E-state index in [1.54, 1.807) is 12.1 Å². The summed E-state index contributed by atoms with van der Waals surface area (Å²) >= 11 is 0. The van der Waals surface area contributed by atoms with Crippen LogP contribution in [-0.2, 0) is 11.2 Å². The highest BCUT2D eigenvalue weighted by Gasteiger charge is 2.08. The lowest BCUT2D eigenvalue weighted by Gasteiger charge is -2.09. The smallest absolute Gasteiger partial charge is 0.349 e. The number of benzene rings is 3. The number of rotatable bonds is 5. The Bertz CT molecular complexity index is 801. The molecule has 0 aliphatic rings. The van der Waals surface area contributed by atoms with Crippen LogP contribution in [0.3, 0.4) is 0 Å². The van der Waals surface area contributed by atoms with Crippen LogP contribution in [-0.4, -0.2) is 12.6 Å².